The Balaban J connectivity index is 1.04. The smallest absolute Gasteiger partial charge is 0.255 e. The van der Waals surface area contributed by atoms with E-state index in [9.17, 15) is 13.6 Å². The largest absolute Gasteiger partial charge is 0.491 e. The third-order valence-electron chi connectivity index (χ3n) is 7.56. The molecule has 202 valence electrons. The lowest BCUT2D eigenvalue weighted by Gasteiger charge is -2.29. The van der Waals surface area contributed by atoms with Crippen molar-refractivity contribution >= 4 is 5.91 Å². The number of hydrogen-bond acceptors (Lipinski definition) is 5. The minimum Gasteiger partial charge on any atom is -0.491 e. The number of H-pyrrole nitrogens is 1. The van der Waals surface area contributed by atoms with Gasteiger partial charge in [0.05, 0.1) is 42.6 Å². The van der Waals surface area contributed by atoms with Crippen molar-refractivity contribution in [1.82, 2.24) is 20.5 Å². The van der Waals surface area contributed by atoms with Gasteiger partial charge in [-0.05, 0) is 74.3 Å². The van der Waals surface area contributed by atoms with Crippen molar-refractivity contribution < 1.29 is 23.0 Å². The number of alkyl halides is 2. The highest BCUT2D eigenvalue weighted by Gasteiger charge is 2.57. The number of amides is 1. The fourth-order valence-electron chi connectivity index (χ4n) is 5.02. The summed E-state index contributed by atoms with van der Waals surface area (Å²) >= 11 is 0. The maximum Gasteiger partial charge on any atom is 0.255 e. The Morgan fingerprint density at radius 2 is 1.84 bits per heavy atom. The number of carbonyl (C=O) groups excluding carboxylic acids is 1. The molecule has 0 radical (unpaired) electrons. The van der Waals surface area contributed by atoms with Gasteiger partial charge >= 0.3 is 0 Å². The maximum absolute atomic E-state index is 13.0. The molecule has 2 aromatic heterocycles. The van der Waals surface area contributed by atoms with Gasteiger partial charge in [0.25, 0.3) is 11.8 Å². The SMILES string of the molecule is CCC(NC(=O)c1cn[nH]c1)c1ccc(OC2CCC(Cc3ccc(OCC4CC4(F)F)cn3)CC2)cc1. The molecule has 2 unspecified atom stereocenters. The minimum absolute atomic E-state index is 0.0442. The van der Waals surface area contributed by atoms with Crippen LogP contribution in [-0.2, 0) is 6.42 Å². The van der Waals surface area contributed by atoms with Gasteiger partial charge in [-0.2, -0.15) is 5.10 Å². The molecule has 3 aromatic rings. The fourth-order valence-corrected chi connectivity index (χ4v) is 5.02. The van der Waals surface area contributed by atoms with Gasteiger partial charge in [0.15, 0.2) is 0 Å². The first-order chi connectivity index (χ1) is 18.4. The number of ether oxygens (including phenoxy) is 2. The quantitative estimate of drug-likeness (QED) is 0.326. The first-order valence-electron chi connectivity index (χ1n) is 13.4. The normalized spacial score (nSPS) is 22.9. The van der Waals surface area contributed by atoms with Crippen LogP contribution in [0.2, 0.25) is 0 Å². The molecule has 2 aliphatic carbocycles. The van der Waals surface area contributed by atoms with Crippen LogP contribution in [0.3, 0.4) is 0 Å². The summed E-state index contributed by atoms with van der Waals surface area (Å²) in [5.74, 6) is -1.43. The van der Waals surface area contributed by atoms with Gasteiger partial charge in [-0.15, -0.1) is 0 Å². The highest BCUT2D eigenvalue weighted by atomic mass is 19.3. The van der Waals surface area contributed by atoms with Crippen LogP contribution in [0.15, 0.2) is 55.0 Å². The molecule has 2 heterocycles. The number of halogens is 2. The molecular formula is C29H34F2N4O3. The Kier molecular flexibility index (Phi) is 7.90. The van der Waals surface area contributed by atoms with Crippen LogP contribution in [0, 0.1) is 11.8 Å². The van der Waals surface area contributed by atoms with Crippen LogP contribution < -0.4 is 14.8 Å². The van der Waals surface area contributed by atoms with Crippen molar-refractivity contribution in [1.29, 1.82) is 0 Å². The van der Waals surface area contributed by atoms with Crippen LogP contribution in [0.4, 0.5) is 8.78 Å². The number of aromatic nitrogens is 3. The van der Waals surface area contributed by atoms with Crippen molar-refractivity contribution in [3.05, 3.63) is 71.8 Å². The van der Waals surface area contributed by atoms with E-state index in [1.807, 2.05) is 43.3 Å². The molecule has 5 rings (SSSR count). The molecule has 2 saturated carbocycles. The molecule has 0 saturated heterocycles. The van der Waals surface area contributed by atoms with E-state index >= 15 is 0 Å². The van der Waals surface area contributed by atoms with Crippen LogP contribution in [0.1, 0.15) is 73.1 Å². The molecule has 0 bridgehead atoms. The second-order valence-corrected chi connectivity index (χ2v) is 10.4. The van der Waals surface area contributed by atoms with E-state index < -0.39 is 11.8 Å². The topological polar surface area (TPSA) is 89.1 Å². The first-order valence-corrected chi connectivity index (χ1v) is 13.4. The molecule has 1 amide bonds. The molecule has 1 aromatic carbocycles. The van der Waals surface area contributed by atoms with E-state index in [0.717, 1.165) is 55.5 Å². The fraction of sp³-hybridized carbons (Fsp3) is 0.483. The molecule has 7 nitrogen and oxygen atoms in total. The minimum atomic E-state index is -2.56. The molecule has 0 spiro atoms. The first kappa shape index (κ1) is 26.1. The third kappa shape index (κ3) is 6.68. The zero-order chi connectivity index (χ0) is 26.5. The second kappa shape index (κ2) is 11.5. The zero-order valence-corrected chi connectivity index (χ0v) is 21.5. The van der Waals surface area contributed by atoms with Crippen LogP contribution in [0.25, 0.3) is 0 Å². The van der Waals surface area contributed by atoms with Crippen LogP contribution >= 0.6 is 0 Å². The molecule has 38 heavy (non-hydrogen) atoms. The summed E-state index contributed by atoms with van der Waals surface area (Å²) in [6.45, 7) is 2.09. The molecule has 2 N–H and O–H groups in total. The van der Waals surface area contributed by atoms with Gasteiger partial charge in [-0.1, -0.05) is 19.1 Å². The average Bonchev–Trinajstić information content (AvgIpc) is 3.28. The predicted octanol–water partition coefficient (Wildman–Crippen LogP) is 5.90. The Bertz CT molecular complexity index is 1180. The number of carbonyl (C=O) groups is 1. The summed E-state index contributed by atoms with van der Waals surface area (Å²) in [6, 6.07) is 11.7. The summed E-state index contributed by atoms with van der Waals surface area (Å²) < 4.78 is 37.7. The van der Waals surface area contributed by atoms with Crippen LogP contribution in [-0.4, -0.2) is 39.7 Å². The molecule has 2 atom stereocenters. The standard InChI is InChI=1S/C29H34F2N4O3/c1-2-27(35-28(36)21-15-33-34-16-21)20-5-10-25(11-6-20)38-24-8-3-19(4-9-24)13-23-7-12-26(17-32-23)37-18-22-14-29(22,30)31/h5-7,10-12,15-17,19,22,24,27H,2-4,8-9,13-14,18H2,1H3,(H,33,34)(H,35,36). The number of pyridine rings is 1. The molecular weight excluding hydrogens is 490 g/mol. The number of hydrogen-bond donors (Lipinski definition) is 2. The lowest BCUT2D eigenvalue weighted by Crippen LogP contribution is -2.28. The van der Waals surface area contributed by atoms with Gasteiger partial charge in [0.2, 0.25) is 0 Å². The summed E-state index contributed by atoms with van der Waals surface area (Å²) in [7, 11) is 0. The Labute approximate surface area is 221 Å². The summed E-state index contributed by atoms with van der Waals surface area (Å²) in [6.07, 6.45) is 10.6. The molecule has 9 heteroatoms. The Morgan fingerprint density at radius 3 is 2.45 bits per heavy atom. The summed E-state index contributed by atoms with van der Waals surface area (Å²) in [5, 5.41) is 9.54. The van der Waals surface area contributed by atoms with Crippen molar-refractivity contribution in [3.63, 3.8) is 0 Å². The van der Waals surface area contributed by atoms with Crippen LogP contribution in [0.5, 0.6) is 11.5 Å². The Morgan fingerprint density at radius 1 is 1.11 bits per heavy atom. The molecule has 2 aliphatic rings. The van der Waals surface area contributed by atoms with E-state index in [-0.39, 0.29) is 31.1 Å². The maximum atomic E-state index is 13.0. The van der Waals surface area contributed by atoms with Gasteiger partial charge < -0.3 is 14.8 Å². The van der Waals surface area contributed by atoms with Gasteiger partial charge in [0.1, 0.15) is 11.5 Å². The monoisotopic (exact) mass is 524 g/mol. The van der Waals surface area contributed by atoms with Crippen molar-refractivity contribution in [3.8, 4) is 11.5 Å². The van der Waals surface area contributed by atoms with Crippen molar-refractivity contribution in [2.24, 2.45) is 11.8 Å². The van der Waals surface area contributed by atoms with E-state index in [1.54, 1.807) is 12.4 Å². The second-order valence-electron chi connectivity index (χ2n) is 10.4. The number of nitrogens with one attached hydrogen (secondary N) is 2. The lowest BCUT2D eigenvalue weighted by molar-refractivity contribution is 0.0854. The van der Waals surface area contributed by atoms with E-state index in [1.165, 1.54) is 6.20 Å². The molecule has 2 fully saturated rings. The van der Waals surface area contributed by atoms with Gasteiger partial charge in [-0.25, -0.2) is 8.78 Å². The highest BCUT2D eigenvalue weighted by Crippen LogP contribution is 2.48. The van der Waals surface area contributed by atoms with Gasteiger partial charge in [-0.3, -0.25) is 14.9 Å². The number of nitrogens with zero attached hydrogens (tertiary/aromatic N) is 2. The zero-order valence-electron chi connectivity index (χ0n) is 21.5. The average molecular weight is 525 g/mol. The predicted molar refractivity (Wildman–Crippen MR) is 138 cm³/mol. The van der Waals surface area contributed by atoms with E-state index in [2.05, 4.69) is 20.5 Å². The van der Waals surface area contributed by atoms with Crippen molar-refractivity contribution in [2.45, 2.75) is 69.9 Å². The van der Waals surface area contributed by atoms with E-state index in [4.69, 9.17) is 9.47 Å². The number of benzene rings is 1. The highest BCUT2D eigenvalue weighted by molar-refractivity contribution is 5.93. The van der Waals surface area contributed by atoms with E-state index in [0.29, 0.717) is 17.2 Å². The Hall–Kier alpha value is -3.49. The van der Waals surface area contributed by atoms with Crippen molar-refractivity contribution in [2.75, 3.05) is 6.61 Å². The molecule has 0 aliphatic heterocycles. The van der Waals surface area contributed by atoms with Gasteiger partial charge in [0, 0.05) is 18.3 Å². The lowest BCUT2D eigenvalue weighted by atomic mass is 9.84. The summed E-state index contributed by atoms with van der Waals surface area (Å²) in [5.41, 5.74) is 2.55. The summed E-state index contributed by atoms with van der Waals surface area (Å²) in [4.78, 5) is 16.9. The third-order valence-corrected chi connectivity index (χ3v) is 7.56. The number of rotatable bonds is 11. The number of aromatic amines is 1.